The molecule has 0 heterocycles. The zero-order valence-corrected chi connectivity index (χ0v) is 8.97. The van der Waals surface area contributed by atoms with Crippen LogP contribution >= 0.6 is 15.9 Å². The topological polar surface area (TPSA) is 55.5 Å². The van der Waals surface area contributed by atoms with Crippen LogP contribution in [0.5, 0.6) is 11.5 Å². The van der Waals surface area contributed by atoms with Gasteiger partial charge in [-0.3, -0.25) is 0 Å². The third-order valence-corrected chi connectivity index (χ3v) is 2.50. The van der Waals surface area contributed by atoms with Gasteiger partial charge in [0, 0.05) is 4.47 Å². The molecule has 3 nitrogen and oxygen atoms in total. The van der Waals surface area contributed by atoms with Crippen molar-refractivity contribution in [3.05, 3.63) is 22.2 Å². The van der Waals surface area contributed by atoms with Crippen LogP contribution in [0, 0.1) is 0 Å². The van der Waals surface area contributed by atoms with Gasteiger partial charge in [0.15, 0.2) is 11.5 Å². The first-order valence-electron chi connectivity index (χ1n) is 3.94. The highest BCUT2D eigenvalue weighted by Crippen LogP contribution is 2.32. The second-order valence-electron chi connectivity index (χ2n) is 2.65. The van der Waals surface area contributed by atoms with Crippen LogP contribution in [0.1, 0.15) is 5.56 Å². The first-order chi connectivity index (χ1) is 6.19. The summed E-state index contributed by atoms with van der Waals surface area (Å²) in [5.74, 6) is 0.613. The lowest BCUT2D eigenvalue weighted by molar-refractivity contribution is 0.372. The van der Waals surface area contributed by atoms with E-state index in [4.69, 9.17) is 10.5 Å². The third-order valence-electron chi connectivity index (χ3n) is 1.76. The van der Waals surface area contributed by atoms with Crippen LogP contribution in [0.2, 0.25) is 0 Å². The lowest BCUT2D eigenvalue weighted by atomic mass is 10.1. The van der Waals surface area contributed by atoms with Gasteiger partial charge in [-0.15, -0.1) is 0 Å². The summed E-state index contributed by atoms with van der Waals surface area (Å²) in [6.07, 6.45) is 0.761. The molecule has 0 spiro atoms. The van der Waals surface area contributed by atoms with Crippen molar-refractivity contribution in [2.75, 3.05) is 13.7 Å². The summed E-state index contributed by atoms with van der Waals surface area (Å²) in [5.41, 5.74) is 6.47. The molecule has 0 fully saturated rings. The molecule has 0 aromatic heterocycles. The molecule has 0 aliphatic heterocycles. The Morgan fingerprint density at radius 2 is 2.23 bits per heavy atom. The highest BCUT2D eigenvalue weighted by atomic mass is 79.9. The lowest BCUT2D eigenvalue weighted by Gasteiger charge is -2.08. The van der Waals surface area contributed by atoms with Crippen LogP contribution in [0.3, 0.4) is 0 Å². The smallest absolute Gasteiger partial charge is 0.160 e. The van der Waals surface area contributed by atoms with Gasteiger partial charge in [-0.25, -0.2) is 0 Å². The molecule has 0 aliphatic rings. The molecule has 1 aromatic carbocycles. The summed E-state index contributed by atoms with van der Waals surface area (Å²) in [6.45, 7) is 0.576. The highest BCUT2D eigenvalue weighted by molar-refractivity contribution is 9.10. The fourth-order valence-electron chi connectivity index (χ4n) is 1.10. The average molecular weight is 246 g/mol. The summed E-state index contributed by atoms with van der Waals surface area (Å²) in [7, 11) is 1.52. The third kappa shape index (κ3) is 2.35. The Balaban J connectivity index is 3.06. The summed E-state index contributed by atoms with van der Waals surface area (Å²) in [4.78, 5) is 0. The summed E-state index contributed by atoms with van der Waals surface area (Å²) in [6, 6.07) is 3.40. The van der Waals surface area contributed by atoms with Gasteiger partial charge in [-0.1, -0.05) is 15.9 Å². The quantitative estimate of drug-likeness (QED) is 0.852. The zero-order valence-electron chi connectivity index (χ0n) is 7.38. The number of aromatic hydroxyl groups is 1. The molecular formula is C9H12BrNO2. The Kier molecular flexibility index (Phi) is 3.57. The molecule has 3 N–H and O–H groups in total. The van der Waals surface area contributed by atoms with Gasteiger partial charge in [0.1, 0.15) is 0 Å². The number of methoxy groups -OCH3 is 1. The fraction of sp³-hybridized carbons (Fsp3) is 0.333. The van der Waals surface area contributed by atoms with E-state index in [2.05, 4.69) is 15.9 Å². The zero-order chi connectivity index (χ0) is 9.84. The van der Waals surface area contributed by atoms with Crippen molar-refractivity contribution >= 4 is 15.9 Å². The first-order valence-corrected chi connectivity index (χ1v) is 4.73. The van der Waals surface area contributed by atoms with Crippen LogP contribution in [-0.4, -0.2) is 18.8 Å². The van der Waals surface area contributed by atoms with E-state index in [9.17, 15) is 5.11 Å². The summed E-state index contributed by atoms with van der Waals surface area (Å²) < 4.78 is 5.83. The van der Waals surface area contributed by atoms with E-state index in [0.29, 0.717) is 12.3 Å². The number of phenols is 1. The van der Waals surface area contributed by atoms with Gasteiger partial charge in [0.05, 0.1) is 7.11 Å². The standard InChI is InChI=1S/C9H12BrNO2/c1-13-9-4-6(2-3-11)7(10)5-8(9)12/h4-5,12H,2-3,11H2,1H3. The van der Waals surface area contributed by atoms with E-state index in [1.807, 2.05) is 0 Å². The Morgan fingerprint density at radius 3 is 2.77 bits per heavy atom. The maximum atomic E-state index is 9.40. The number of hydrogen-bond donors (Lipinski definition) is 2. The molecule has 1 rings (SSSR count). The van der Waals surface area contributed by atoms with E-state index in [1.54, 1.807) is 12.1 Å². The minimum absolute atomic E-state index is 0.134. The molecule has 0 saturated heterocycles. The molecular weight excluding hydrogens is 234 g/mol. The van der Waals surface area contributed by atoms with E-state index < -0.39 is 0 Å². The van der Waals surface area contributed by atoms with Crippen molar-refractivity contribution in [1.29, 1.82) is 0 Å². The summed E-state index contributed by atoms with van der Waals surface area (Å²) in [5, 5.41) is 9.40. The van der Waals surface area contributed by atoms with Crippen LogP contribution in [0.25, 0.3) is 0 Å². The van der Waals surface area contributed by atoms with Crippen LogP contribution < -0.4 is 10.5 Å². The fourth-order valence-corrected chi connectivity index (χ4v) is 1.63. The average Bonchev–Trinajstić information content (AvgIpc) is 2.10. The maximum absolute atomic E-state index is 9.40. The van der Waals surface area contributed by atoms with Crippen molar-refractivity contribution in [3.8, 4) is 11.5 Å². The number of rotatable bonds is 3. The molecule has 0 radical (unpaired) electrons. The monoisotopic (exact) mass is 245 g/mol. The number of halogens is 1. The molecule has 4 heteroatoms. The van der Waals surface area contributed by atoms with E-state index in [1.165, 1.54) is 7.11 Å². The van der Waals surface area contributed by atoms with Gasteiger partial charge >= 0.3 is 0 Å². The van der Waals surface area contributed by atoms with Gasteiger partial charge in [0.25, 0.3) is 0 Å². The SMILES string of the molecule is COc1cc(CCN)c(Br)cc1O. The Labute approximate surface area is 85.6 Å². The van der Waals surface area contributed by atoms with Crippen molar-refractivity contribution in [3.63, 3.8) is 0 Å². The molecule has 0 saturated carbocycles. The lowest BCUT2D eigenvalue weighted by Crippen LogP contribution is -2.03. The van der Waals surface area contributed by atoms with E-state index in [-0.39, 0.29) is 5.75 Å². The van der Waals surface area contributed by atoms with Crippen molar-refractivity contribution in [2.45, 2.75) is 6.42 Å². The van der Waals surface area contributed by atoms with Crippen molar-refractivity contribution < 1.29 is 9.84 Å². The normalized spacial score (nSPS) is 10.1. The molecule has 13 heavy (non-hydrogen) atoms. The number of hydrogen-bond acceptors (Lipinski definition) is 3. The second-order valence-corrected chi connectivity index (χ2v) is 3.51. The Morgan fingerprint density at radius 1 is 1.54 bits per heavy atom. The second kappa shape index (κ2) is 4.48. The van der Waals surface area contributed by atoms with Gasteiger partial charge in [-0.2, -0.15) is 0 Å². The van der Waals surface area contributed by atoms with Crippen LogP contribution in [0.4, 0.5) is 0 Å². The molecule has 0 amide bonds. The number of phenolic OH excluding ortho intramolecular Hbond substituents is 1. The molecule has 0 atom stereocenters. The number of nitrogens with two attached hydrogens (primary N) is 1. The Bertz CT molecular complexity index is 302. The van der Waals surface area contributed by atoms with Gasteiger partial charge in [0.2, 0.25) is 0 Å². The number of ether oxygens (including phenoxy) is 1. The van der Waals surface area contributed by atoms with Crippen LogP contribution in [-0.2, 0) is 6.42 Å². The molecule has 72 valence electrons. The predicted molar refractivity (Wildman–Crippen MR) is 55.1 cm³/mol. The molecule has 1 aromatic rings. The van der Waals surface area contributed by atoms with Gasteiger partial charge < -0.3 is 15.6 Å². The molecule has 0 bridgehead atoms. The number of benzene rings is 1. The van der Waals surface area contributed by atoms with Crippen LogP contribution in [0.15, 0.2) is 16.6 Å². The predicted octanol–water partition coefficient (Wildman–Crippen LogP) is 1.66. The Hall–Kier alpha value is -0.740. The minimum Gasteiger partial charge on any atom is -0.504 e. The largest absolute Gasteiger partial charge is 0.504 e. The van der Waals surface area contributed by atoms with Crippen molar-refractivity contribution in [1.82, 2.24) is 0 Å². The first kappa shape index (κ1) is 10.3. The molecule has 0 unspecified atom stereocenters. The van der Waals surface area contributed by atoms with Gasteiger partial charge in [-0.05, 0) is 30.7 Å². The highest BCUT2D eigenvalue weighted by Gasteiger charge is 2.06. The minimum atomic E-state index is 0.134. The molecule has 0 aliphatic carbocycles. The maximum Gasteiger partial charge on any atom is 0.160 e. The van der Waals surface area contributed by atoms with Crippen molar-refractivity contribution in [2.24, 2.45) is 5.73 Å². The van der Waals surface area contributed by atoms with E-state index in [0.717, 1.165) is 16.5 Å². The summed E-state index contributed by atoms with van der Waals surface area (Å²) >= 11 is 3.34. The van der Waals surface area contributed by atoms with E-state index >= 15 is 0 Å².